The van der Waals surface area contributed by atoms with Crippen LogP contribution in [0, 0.1) is 25.2 Å². The summed E-state index contributed by atoms with van der Waals surface area (Å²) in [5, 5.41) is 13.0. The molecule has 1 saturated heterocycles. The first kappa shape index (κ1) is 16.4. The molecule has 0 aromatic carbocycles. The number of aromatic nitrogens is 1. The second kappa shape index (κ2) is 6.19. The topological polar surface area (TPSA) is 83.6 Å². The van der Waals surface area contributed by atoms with Gasteiger partial charge in [0.15, 0.2) is 0 Å². The minimum Gasteiger partial charge on any atom is -0.481 e. The normalized spacial score (nSPS) is 22.3. The van der Waals surface area contributed by atoms with Crippen LogP contribution in [0.5, 0.6) is 0 Å². The van der Waals surface area contributed by atoms with E-state index in [-0.39, 0.29) is 17.2 Å². The summed E-state index contributed by atoms with van der Waals surface area (Å²) in [6, 6.07) is 0. The van der Waals surface area contributed by atoms with E-state index in [1.807, 2.05) is 18.7 Å². The largest absolute Gasteiger partial charge is 0.481 e. The lowest BCUT2D eigenvalue weighted by atomic mass is 9.91. The van der Waals surface area contributed by atoms with Crippen LogP contribution in [0.2, 0.25) is 0 Å². The van der Waals surface area contributed by atoms with E-state index in [0.717, 1.165) is 42.0 Å². The van der Waals surface area contributed by atoms with Crippen molar-refractivity contribution in [3.8, 4) is 0 Å². The van der Waals surface area contributed by atoms with Gasteiger partial charge in [0.1, 0.15) is 5.76 Å². The predicted octanol–water partition coefficient (Wildman–Crippen LogP) is 2.24. The standard InChI is InChI=1S/C16H22N2O4S/c1-10-12(11(2)22-17-10)8-23-9-14(19)18-5-3-16(4-6-18)7-13(16)15(20)21/h13H,3-9H2,1-2H3,(H,20,21). The minimum atomic E-state index is -0.681. The highest BCUT2D eigenvalue weighted by atomic mass is 32.2. The quantitative estimate of drug-likeness (QED) is 0.886. The molecular weight excluding hydrogens is 316 g/mol. The third kappa shape index (κ3) is 3.24. The molecular formula is C16H22N2O4S. The van der Waals surface area contributed by atoms with Gasteiger partial charge < -0.3 is 14.5 Å². The molecule has 1 N–H and O–H groups in total. The SMILES string of the molecule is Cc1noc(C)c1CSCC(=O)N1CCC2(CC1)CC2C(=O)O. The van der Waals surface area contributed by atoms with E-state index < -0.39 is 5.97 Å². The number of carbonyl (C=O) groups excluding carboxylic acids is 1. The van der Waals surface area contributed by atoms with Crippen molar-refractivity contribution in [1.29, 1.82) is 0 Å². The Morgan fingerprint density at radius 3 is 2.61 bits per heavy atom. The lowest BCUT2D eigenvalue weighted by molar-refractivity contribution is -0.139. The number of likely N-dealkylation sites (tertiary alicyclic amines) is 1. The molecule has 1 unspecified atom stereocenters. The van der Waals surface area contributed by atoms with Crippen molar-refractivity contribution >= 4 is 23.6 Å². The van der Waals surface area contributed by atoms with Gasteiger partial charge in [0.05, 0.1) is 17.4 Å². The fourth-order valence-electron chi connectivity index (χ4n) is 3.49. The Kier molecular flexibility index (Phi) is 4.40. The lowest BCUT2D eigenvalue weighted by Crippen LogP contribution is -2.40. The van der Waals surface area contributed by atoms with Gasteiger partial charge in [-0.15, -0.1) is 11.8 Å². The van der Waals surface area contributed by atoms with Crippen molar-refractivity contribution in [3.05, 3.63) is 17.0 Å². The zero-order chi connectivity index (χ0) is 16.6. The first-order chi connectivity index (χ1) is 10.9. The summed E-state index contributed by atoms with van der Waals surface area (Å²) in [6.07, 6.45) is 2.43. The van der Waals surface area contributed by atoms with E-state index in [1.165, 1.54) is 0 Å². The van der Waals surface area contributed by atoms with Crippen molar-refractivity contribution in [2.75, 3.05) is 18.8 Å². The molecule has 2 aliphatic rings. The summed E-state index contributed by atoms with van der Waals surface area (Å²) in [4.78, 5) is 25.2. The van der Waals surface area contributed by atoms with Crippen LogP contribution in [-0.2, 0) is 15.3 Å². The summed E-state index contributed by atoms with van der Waals surface area (Å²) in [5.41, 5.74) is 1.94. The van der Waals surface area contributed by atoms with Crippen LogP contribution in [0.3, 0.4) is 0 Å². The number of carbonyl (C=O) groups is 2. The number of hydrogen-bond acceptors (Lipinski definition) is 5. The van der Waals surface area contributed by atoms with Gasteiger partial charge in [-0.1, -0.05) is 5.16 Å². The molecule has 6 nitrogen and oxygen atoms in total. The highest BCUT2D eigenvalue weighted by Crippen LogP contribution is 2.59. The smallest absolute Gasteiger partial charge is 0.307 e. The van der Waals surface area contributed by atoms with Crippen LogP contribution in [0.4, 0.5) is 0 Å². The Morgan fingerprint density at radius 2 is 2.09 bits per heavy atom. The molecule has 3 rings (SSSR count). The Hall–Kier alpha value is -1.50. The minimum absolute atomic E-state index is 0.0214. The maximum absolute atomic E-state index is 12.3. The third-order valence-electron chi connectivity index (χ3n) is 5.25. The summed E-state index contributed by atoms with van der Waals surface area (Å²) in [7, 11) is 0. The molecule has 1 atom stereocenters. The number of hydrogen-bond donors (Lipinski definition) is 1. The van der Waals surface area contributed by atoms with Gasteiger partial charge in [0.2, 0.25) is 5.91 Å². The van der Waals surface area contributed by atoms with Gasteiger partial charge >= 0.3 is 5.97 Å². The highest BCUT2D eigenvalue weighted by molar-refractivity contribution is 7.99. The molecule has 1 aliphatic heterocycles. The number of carboxylic acids is 1. The molecule has 0 bridgehead atoms. The van der Waals surface area contributed by atoms with Crippen molar-refractivity contribution < 1.29 is 19.2 Å². The second-order valence-corrected chi connectivity index (χ2v) is 7.62. The fraction of sp³-hybridized carbons (Fsp3) is 0.688. The van der Waals surface area contributed by atoms with Gasteiger partial charge in [-0.05, 0) is 38.5 Å². The van der Waals surface area contributed by atoms with Crippen molar-refractivity contribution in [1.82, 2.24) is 10.1 Å². The maximum atomic E-state index is 12.3. The van der Waals surface area contributed by atoms with Crippen molar-refractivity contribution in [2.24, 2.45) is 11.3 Å². The molecule has 1 spiro atoms. The average Bonchev–Trinajstić information content (AvgIpc) is 3.14. The third-order valence-corrected chi connectivity index (χ3v) is 6.20. The number of piperidine rings is 1. The van der Waals surface area contributed by atoms with Gasteiger partial charge in [-0.3, -0.25) is 9.59 Å². The zero-order valence-corrected chi connectivity index (χ0v) is 14.3. The molecule has 23 heavy (non-hydrogen) atoms. The van der Waals surface area contributed by atoms with E-state index in [9.17, 15) is 9.59 Å². The van der Waals surface area contributed by atoms with E-state index in [1.54, 1.807) is 11.8 Å². The van der Waals surface area contributed by atoms with Crippen LogP contribution < -0.4 is 0 Å². The van der Waals surface area contributed by atoms with Gasteiger partial charge in [-0.2, -0.15) is 0 Å². The highest BCUT2D eigenvalue weighted by Gasteiger charge is 2.59. The average molecular weight is 338 g/mol. The Bertz CT molecular complexity index is 600. The number of carboxylic acid groups (broad SMARTS) is 1. The molecule has 2 fully saturated rings. The number of rotatable bonds is 5. The van der Waals surface area contributed by atoms with Crippen molar-refractivity contribution in [3.63, 3.8) is 0 Å². The second-order valence-electron chi connectivity index (χ2n) is 6.63. The Morgan fingerprint density at radius 1 is 1.39 bits per heavy atom. The van der Waals surface area contributed by atoms with Crippen LogP contribution in [-0.4, -0.2) is 45.9 Å². The first-order valence-electron chi connectivity index (χ1n) is 7.93. The van der Waals surface area contributed by atoms with E-state index >= 15 is 0 Å². The number of thioether (sulfide) groups is 1. The fourth-order valence-corrected chi connectivity index (χ4v) is 4.57. The number of aliphatic carboxylic acids is 1. The van der Waals surface area contributed by atoms with E-state index in [0.29, 0.717) is 18.8 Å². The Labute approximate surface area is 139 Å². The predicted molar refractivity (Wildman–Crippen MR) is 86.1 cm³/mol. The van der Waals surface area contributed by atoms with Crippen LogP contribution >= 0.6 is 11.8 Å². The van der Waals surface area contributed by atoms with Crippen LogP contribution in [0.1, 0.15) is 36.3 Å². The lowest BCUT2D eigenvalue weighted by Gasteiger charge is -2.32. The number of amides is 1. The van der Waals surface area contributed by atoms with E-state index in [4.69, 9.17) is 9.63 Å². The molecule has 7 heteroatoms. The monoisotopic (exact) mass is 338 g/mol. The van der Waals surface area contributed by atoms with Crippen molar-refractivity contribution in [2.45, 2.75) is 38.9 Å². The summed E-state index contributed by atoms with van der Waals surface area (Å²) < 4.78 is 5.12. The molecule has 1 aliphatic carbocycles. The molecule has 2 heterocycles. The molecule has 126 valence electrons. The van der Waals surface area contributed by atoms with E-state index in [2.05, 4.69) is 5.16 Å². The summed E-state index contributed by atoms with van der Waals surface area (Å²) >= 11 is 1.58. The molecule has 0 radical (unpaired) electrons. The number of nitrogens with zero attached hydrogens (tertiary/aromatic N) is 2. The van der Waals surface area contributed by atoms with Gasteiger partial charge in [-0.25, -0.2) is 0 Å². The first-order valence-corrected chi connectivity index (χ1v) is 9.08. The Balaban J connectivity index is 1.43. The van der Waals surface area contributed by atoms with Gasteiger partial charge in [0, 0.05) is 24.4 Å². The summed E-state index contributed by atoms with van der Waals surface area (Å²) in [5.74, 6) is 1.26. The van der Waals surface area contributed by atoms with Crippen LogP contribution in [0.15, 0.2) is 4.52 Å². The summed E-state index contributed by atoms with van der Waals surface area (Å²) in [6.45, 7) is 5.17. The number of aryl methyl sites for hydroxylation is 2. The maximum Gasteiger partial charge on any atom is 0.307 e. The zero-order valence-electron chi connectivity index (χ0n) is 13.5. The molecule has 1 saturated carbocycles. The van der Waals surface area contributed by atoms with Gasteiger partial charge in [0.25, 0.3) is 0 Å². The molecule has 1 amide bonds. The van der Waals surface area contributed by atoms with Crippen LogP contribution in [0.25, 0.3) is 0 Å². The molecule has 1 aromatic heterocycles. The molecule has 1 aromatic rings.